The Morgan fingerprint density at radius 2 is 1.97 bits per heavy atom. The highest BCUT2D eigenvalue weighted by atomic mass is 16.6. The molecule has 0 bridgehead atoms. The maximum atomic E-state index is 13.7. The molecule has 0 radical (unpaired) electrons. The van der Waals surface area contributed by atoms with Crippen molar-refractivity contribution in [3.8, 4) is 0 Å². The summed E-state index contributed by atoms with van der Waals surface area (Å²) in [5.41, 5.74) is 4.57. The molecule has 2 aromatic rings. The molecule has 4 nitrogen and oxygen atoms in total. The van der Waals surface area contributed by atoms with Gasteiger partial charge < -0.3 is 4.74 Å². The Hall–Kier alpha value is -2.62. The van der Waals surface area contributed by atoms with Crippen LogP contribution < -0.4 is 0 Å². The van der Waals surface area contributed by atoms with Crippen LogP contribution in [-0.2, 0) is 21.4 Å². The Morgan fingerprint density at radius 1 is 1.24 bits per heavy atom. The van der Waals surface area contributed by atoms with Gasteiger partial charge >= 0.3 is 6.09 Å². The van der Waals surface area contributed by atoms with Crippen molar-refractivity contribution < 1.29 is 14.3 Å². The molecule has 0 spiro atoms. The van der Waals surface area contributed by atoms with Crippen molar-refractivity contribution in [1.82, 2.24) is 4.57 Å². The number of hydrogen-bond donors (Lipinski definition) is 0. The van der Waals surface area contributed by atoms with E-state index >= 15 is 0 Å². The van der Waals surface area contributed by atoms with Crippen LogP contribution in [0.15, 0.2) is 48.1 Å². The van der Waals surface area contributed by atoms with Crippen LogP contribution in [0.25, 0.3) is 10.9 Å². The summed E-state index contributed by atoms with van der Waals surface area (Å²) >= 11 is 0. The molecule has 1 heterocycles. The molecule has 5 rings (SSSR count). The van der Waals surface area contributed by atoms with E-state index in [1.54, 1.807) is 0 Å². The monoisotopic (exact) mass is 445 g/mol. The number of ether oxygens (including phenoxy) is 1. The number of Topliss-reactive ketones (excluding diaryl/α,β-unsaturated/α-hetero) is 1. The summed E-state index contributed by atoms with van der Waals surface area (Å²) in [6, 6.07) is 8.22. The molecule has 0 unspecified atom stereocenters. The summed E-state index contributed by atoms with van der Waals surface area (Å²) in [5.74, 6) is 0.711. The van der Waals surface area contributed by atoms with Gasteiger partial charge in [0.25, 0.3) is 0 Å². The number of benzene rings is 1. The van der Waals surface area contributed by atoms with E-state index in [0.717, 1.165) is 47.9 Å². The lowest BCUT2D eigenvalue weighted by molar-refractivity contribution is -0.117. The minimum Gasteiger partial charge on any atom is -0.443 e. The Labute approximate surface area is 196 Å². The number of hydrogen-bond acceptors (Lipinski definition) is 3. The van der Waals surface area contributed by atoms with Crippen molar-refractivity contribution >= 4 is 22.8 Å². The first-order valence-electron chi connectivity index (χ1n) is 12.3. The number of nitrogens with zero attached hydrogens (tertiary/aromatic N) is 1. The van der Waals surface area contributed by atoms with E-state index in [9.17, 15) is 9.59 Å². The average Bonchev–Trinajstić information content (AvgIpc) is 3.23. The zero-order valence-electron chi connectivity index (χ0n) is 20.6. The minimum absolute atomic E-state index is 0.179. The molecule has 4 heteroatoms. The van der Waals surface area contributed by atoms with Gasteiger partial charge in [0.2, 0.25) is 0 Å². The van der Waals surface area contributed by atoms with Crippen molar-refractivity contribution in [2.45, 2.75) is 84.2 Å². The Kier molecular flexibility index (Phi) is 4.83. The lowest BCUT2D eigenvalue weighted by atomic mass is 9.48. The van der Waals surface area contributed by atoms with Crippen molar-refractivity contribution in [1.29, 1.82) is 0 Å². The number of carbonyl (C=O) groups is 2. The molecular weight excluding hydrogens is 410 g/mol. The maximum absolute atomic E-state index is 13.7. The quantitative estimate of drug-likeness (QED) is 0.473. The number of fused-ring (bicyclic) bond motifs is 7. The molecule has 174 valence electrons. The SMILES string of the molecule is C=CCC1=C2CC[C@H]3Cc4c(n(C(=O)OC(C)(C)C)c5ccccc45)[C@]3(C)[C@@]2(C)CCC1=O. The van der Waals surface area contributed by atoms with E-state index in [1.807, 2.05) is 43.5 Å². The standard InChI is InChI=1S/C29H35NO3/c1-7-10-20-22-14-13-18-17-21-19-11-8-9-12-23(19)30(26(32)33-27(2,3)4)25(21)29(18,6)28(22,5)16-15-24(20)31/h7-9,11-12,18H,1,10,13-17H2,2-6H3/t18-,28-,29+/m0/s1. The fraction of sp³-hybridized carbons (Fsp3) is 0.517. The van der Waals surface area contributed by atoms with Crippen LogP contribution in [-0.4, -0.2) is 22.0 Å². The summed E-state index contributed by atoms with van der Waals surface area (Å²) in [6.07, 6.45) is 6.53. The second-order valence-corrected chi connectivity index (χ2v) is 11.5. The number of ketones is 1. The van der Waals surface area contributed by atoms with E-state index in [-0.39, 0.29) is 22.7 Å². The van der Waals surface area contributed by atoms with Gasteiger partial charge in [-0.05, 0) is 76.0 Å². The third-order valence-electron chi connectivity index (χ3n) is 8.77. The van der Waals surface area contributed by atoms with Gasteiger partial charge in [-0.1, -0.05) is 43.7 Å². The maximum Gasteiger partial charge on any atom is 0.419 e. The van der Waals surface area contributed by atoms with E-state index in [4.69, 9.17) is 4.74 Å². The molecule has 33 heavy (non-hydrogen) atoms. The lowest BCUT2D eigenvalue weighted by Crippen LogP contribution is -2.53. The Bertz CT molecular complexity index is 1220. The number of allylic oxidation sites excluding steroid dienone is 3. The second-order valence-electron chi connectivity index (χ2n) is 11.5. The van der Waals surface area contributed by atoms with Gasteiger partial charge in [0.1, 0.15) is 5.60 Å². The van der Waals surface area contributed by atoms with Crippen LogP contribution in [0.5, 0.6) is 0 Å². The molecule has 3 aliphatic rings. The molecule has 0 saturated heterocycles. The molecule has 0 aliphatic heterocycles. The summed E-state index contributed by atoms with van der Waals surface area (Å²) in [6.45, 7) is 14.4. The first-order chi connectivity index (χ1) is 15.5. The fourth-order valence-corrected chi connectivity index (χ4v) is 7.17. The summed E-state index contributed by atoms with van der Waals surface area (Å²) in [4.78, 5) is 26.6. The predicted molar refractivity (Wildman–Crippen MR) is 132 cm³/mol. The van der Waals surface area contributed by atoms with Gasteiger partial charge in [0.15, 0.2) is 5.78 Å². The molecule has 1 saturated carbocycles. The number of carbonyl (C=O) groups excluding carboxylic acids is 2. The normalized spacial score (nSPS) is 29.0. The molecule has 1 aromatic heterocycles. The van der Waals surface area contributed by atoms with Crippen molar-refractivity contribution in [2.24, 2.45) is 11.3 Å². The highest BCUT2D eigenvalue weighted by Gasteiger charge is 2.62. The zero-order valence-corrected chi connectivity index (χ0v) is 20.6. The molecule has 1 aromatic carbocycles. The van der Waals surface area contributed by atoms with E-state index < -0.39 is 5.60 Å². The predicted octanol–water partition coefficient (Wildman–Crippen LogP) is 6.89. The number of para-hydroxylation sites is 1. The highest BCUT2D eigenvalue weighted by molar-refractivity contribution is 5.98. The van der Waals surface area contributed by atoms with Crippen LogP contribution in [0.1, 0.15) is 78.0 Å². The summed E-state index contributed by atoms with van der Waals surface area (Å²) < 4.78 is 7.80. The van der Waals surface area contributed by atoms with Gasteiger partial charge in [-0.3, -0.25) is 4.79 Å². The Balaban J connectivity index is 1.79. The first kappa shape index (κ1) is 22.2. The molecule has 0 N–H and O–H groups in total. The molecular formula is C29H35NO3. The van der Waals surface area contributed by atoms with Crippen molar-refractivity contribution in [3.05, 3.63) is 59.3 Å². The molecule has 3 aliphatic carbocycles. The van der Waals surface area contributed by atoms with Crippen molar-refractivity contribution in [2.75, 3.05) is 0 Å². The molecule has 0 amide bonds. The average molecular weight is 446 g/mol. The van der Waals surface area contributed by atoms with Gasteiger partial charge in [-0.15, -0.1) is 6.58 Å². The second kappa shape index (κ2) is 7.19. The smallest absolute Gasteiger partial charge is 0.419 e. The summed E-state index contributed by atoms with van der Waals surface area (Å²) in [7, 11) is 0. The zero-order chi connectivity index (χ0) is 23.8. The Morgan fingerprint density at radius 3 is 2.67 bits per heavy atom. The van der Waals surface area contributed by atoms with E-state index in [2.05, 4.69) is 32.6 Å². The molecule has 3 atom stereocenters. The lowest BCUT2D eigenvalue weighted by Gasteiger charge is -2.56. The van der Waals surface area contributed by atoms with Crippen LogP contribution in [0.3, 0.4) is 0 Å². The van der Waals surface area contributed by atoms with Crippen LogP contribution in [0.2, 0.25) is 0 Å². The largest absolute Gasteiger partial charge is 0.443 e. The highest BCUT2D eigenvalue weighted by Crippen LogP contribution is 2.66. The number of rotatable bonds is 2. The molecule has 1 fully saturated rings. The van der Waals surface area contributed by atoms with Crippen LogP contribution in [0, 0.1) is 11.3 Å². The number of aromatic nitrogens is 1. The van der Waals surface area contributed by atoms with Gasteiger partial charge in [-0.2, -0.15) is 0 Å². The van der Waals surface area contributed by atoms with Crippen LogP contribution >= 0.6 is 0 Å². The third kappa shape index (κ3) is 2.95. The minimum atomic E-state index is -0.579. The summed E-state index contributed by atoms with van der Waals surface area (Å²) in [5, 5.41) is 1.15. The van der Waals surface area contributed by atoms with Crippen molar-refractivity contribution in [3.63, 3.8) is 0 Å². The van der Waals surface area contributed by atoms with Gasteiger partial charge in [-0.25, -0.2) is 9.36 Å². The fourth-order valence-electron chi connectivity index (χ4n) is 7.17. The van der Waals surface area contributed by atoms with Crippen LogP contribution in [0.4, 0.5) is 4.79 Å². The van der Waals surface area contributed by atoms with Gasteiger partial charge in [0, 0.05) is 28.3 Å². The first-order valence-corrected chi connectivity index (χ1v) is 12.3. The topological polar surface area (TPSA) is 48.3 Å². The van der Waals surface area contributed by atoms with E-state index in [1.165, 1.54) is 11.1 Å². The van der Waals surface area contributed by atoms with E-state index in [0.29, 0.717) is 18.8 Å². The van der Waals surface area contributed by atoms with Gasteiger partial charge in [0.05, 0.1) is 5.52 Å². The third-order valence-corrected chi connectivity index (χ3v) is 8.77.